The number of nitrogens with two attached hydrogens (primary N) is 1. The number of para-hydroxylation sites is 1. The van der Waals surface area contributed by atoms with Gasteiger partial charge < -0.3 is 10.6 Å². The maximum Gasteiger partial charge on any atom is 0.321 e. The molecular formula is C29H32N4O3S. The van der Waals surface area contributed by atoms with E-state index in [2.05, 4.69) is 13.8 Å². The number of primary amides is 1. The van der Waals surface area contributed by atoms with E-state index in [1.807, 2.05) is 60.8 Å². The van der Waals surface area contributed by atoms with Crippen LogP contribution in [-0.4, -0.2) is 29.6 Å². The normalized spacial score (nSPS) is 15.3. The molecule has 0 fully saturated rings. The Morgan fingerprint density at radius 1 is 1.14 bits per heavy atom. The Hall–Kier alpha value is -3.78. The minimum absolute atomic E-state index is 0.0514. The lowest BCUT2D eigenvalue weighted by Crippen LogP contribution is -2.52. The molecule has 0 bridgehead atoms. The van der Waals surface area contributed by atoms with Crippen molar-refractivity contribution in [2.75, 3.05) is 9.80 Å². The number of nitrogens with zero attached hydrogens (tertiary/aromatic N) is 3. The first kappa shape index (κ1) is 26.3. The Bertz CT molecular complexity index is 1360. The molecule has 0 spiro atoms. The molecule has 2 heterocycles. The van der Waals surface area contributed by atoms with E-state index in [4.69, 9.17) is 10.7 Å². The number of aryl methyl sites for hydroxylation is 1. The van der Waals surface area contributed by atoms with Crippen LogP contribution < -0.4 is 15.5 Å². The van der Waals surface area contributed by atoms with Crippen molar-refractivity contribution >= 4 is 46.1 Å². The molecule has 7 nitrogen and oxygen atoms in total. The average molecular weight is 517 g/mol. The number of ketones is 1. The van der Waals surface area contributed by atoms with Gasteiger partial charge in [0.1, 0.15) is 0 Å². The monoisotopic (exact) mass is 516 g/mol. The second kappa shape index (κ2) is 11.1. The number of thiophene rings is 1. The van der Waals surface area contributed by atoms with Crippen LogP contribution in [0.15, 0.2) is 65.0 Å². The summed E-state index contributed by atoms with van der Waals surface area (Å²) in [7, 11) is 0. The van der Waals surface area contributed by atoms with Gasteiger partial charge in [-0.05, 0) is 73.4 Å². The number of aliphatic imine (C=N–C) groups is 1. The number of rotatable bonds is 8. The van der Waals surface area contributed by atoms with Crippen molar-refractivity contribution in [3.63, 3.8) is 0 Å². The summed E-state index contributed by atoms with van der Waals surface area (Å²) in [6, 6.07) is 16.1. The molecule has 0 saturated carbocycles. The minimum atomic E-state index is -1.19. The summed E-state index contributed by atoms with van der Waals surface area (Å²) in [5, 5.41) is 1.85. The summed E-state index contributed by atoms with van der Waals surface area (Å²) in [6.07, 6.45) is 0.325. The van der Waals surface area contributed by atoms with Crippen molar-refractivity contribution in [2.45, 2.75) is 53.2 Å². The first-order valence-corrected chi connectivity index (χ1v) is 13.3. The van der Waals surface area contributed by atoms with Crippen molar-refractivity contribution in [1.29, 1.82) is 0 Å². The minimum Gasteiger partial charge on any atom is -0.351 e. The zero-order chi connectivity index (χ0) is 26.7. The fourth-order valence-corrected chi connectivity index (χ4v) is 5.36. The van der Waals surface area contributed by atoms with E-state index in [1.54, 1.807) is 11.0 Å². The number of carbonyl (C=O) groups excluding carboxylic acids is 3. The van der Waals surface area contributed by atoms with Crippen LogP contribution in [0.4, 0.5) is 16.2 Å². The average Bonchev–Trinajstić information content (AvgIpc) is 3.28. The van der Waals surface area contributed by atoms with Gasteiger partial charge in [0.2, 0.25) is 6.17 Å². The summed E-state index contributed by atoms with van der Waals surface area (Å²) in [5.41, 5.74) is 10.4. The van der Waals surface area contributed by atoms with Crippen molar-refractivity contribution in [2.24, 2.45) is 16.6 Å². The smallest absolute Gasteiger partial charge is 0.321 e. The zero-order valence-electron chi connectivity index (χ0n) is 21.6. The summed E-state index contributed by atoms with van der Waals surface area (Å²) in [6.45, 7) is 7.89. The zero-order valence-corrected chi connectivity index (χ0v) is 22.4. The number of amides is 3. The van der Waals surface area contributed by atoms with Gasteiger partial charge in [-0.3, -0.25) is 19.5 Å². The van der Waals surface area contributed by atoms with E-state index in [1.165, 1.54) is 23.2 Å². The van der Waals surface area contributed by atoms with Gasteiger partial charge >= 0.3 is 6.03 Å². The second-order valence-electron chi connectivity index (χ2n) is 9.70. The van der Waals surface area contributed by atoms with Crippen molar-refractivity contribution < 1.29 is 14.4 Å². The topological polar surface area (TPSA) is 96.1 Å². The summed E-state index contributed by atoms with van der Waals surface area (Å²) in [5.74, 6) is -0.00572. The van der Waals surface area contributed by atoms with Gasteiger partial charge in [0, 0.05) is 17.0 Å². The number of urea groups is 1. The maximum absolute atomic E-state index is 14.3. The summed E-state index contributed by atoms with van der Waals surface area (Å²) in [4.78, 5) is 47.8. The molecule has 1 aliphatic rings. The van der Waals surface area contributed by atoms with Gasteiger partial charge in [0.15, 0.2) is 5.78 Å². The Kier molecular flexibility index (Phi) is 7.88. The number of benzene rings is 2. The van der Waals surface area contributed by atoms with Crippen LogP contribution in [0, 0.1) is 12.8 Å². The van der Waals surface area contributed by atoms with Gasteiger partial charge in [0.25, 0.3) is 5.91 Å². The molecule has 192 valence electrons. The number of carbonyl (C=O) groups is 3. The second-order valence-corrected chi connectivity index (χ2v) is 10.6. The lowest BCUT2D eigenvalue weighted by atomic mass is 9.99. The van der Waals surface area contributed by atoms with Gasteiger partial charge in [-0.1, -0.05) is 44.2 Å². The third-order valence-electron chi connectivity index (χ3n) is 6.39. The fraction of sp³-hybridized carbons (Fsp3) is 0.310. The molecule has 0 saturated heterocycles. The standard InChI is InChI=1S/C29H32N4O3S/c1-18(2)12-13-24-23-10-5-6-11-25(23)32(17-21-14-15-37-26(21)20(4)34)28(35)27(31-24)33(29(30)36)22-9-7-8-19(3)16-22/h5-11,14-16,18,27H,12-13,17H2,1-4H3,(H2,30,36). The predicted octanol–water partition coefficient (Wildman–Crippen LogP) is 5.94. The van der Waals surface area contributed by atoms with Crippen LogP contribution >= 0.6 is 11.3 Å². The lowest BCUT2D eigenvalue weighted by molar-refractivity contribution is -0.119. The highest BCUT2D eigenvalue weighted by Crippen LogP contribution is 2.33. The molecule has 37 heavy (non-hydrogen) atoms. The third-order valence-corrected chi connectivity index (χ3v) is 7.44. The van der Waals surface area contributed by atoms with E-state index in [0.29, 0.717) is 28.6 Å². The molecule has 1 unspecified atom stereocenters. The Morgan fingerprint density at radius 2 is 1.89 bits per heavy atom. The summed E-state index contributed by atoms with van der Waals surface area (Å²) >= 11 is 1.36. The van der Waals surface area contributed by atoms with Crippen molar-refractivity contribution in [3.8, 4) is 0 Å². The number of hydrogen-bond donors (Lipinski definition) is 1. The third kappa shape index (κ3) is 5.64. The number of anilines is 2. The number of benzodiazepines with no additional fused rings is 1. The molecule has 2 aromatic carbocycles. The van der Waals surface area contributed by atoms with E-state index in [0.717, 1.165) is 28.8 Å². The molecule has 1 aliphatic heterocycles. The Balaban J connectivity index is 1.89. The number of fused-ring (bicyclic) bond motifs is 1. The Morgan fingerprint density at radius 3 is 2.57 bits per heavy atom. The molecular weight excluding hydrogens is 484 g/mol. The van der Waals surface area contributed by atoms with E-state index in [9.17, 15) is 14.4 Å². The molecule has 0 aliphatic carbocycles. The highest BCUT2D eigenvalue weighted by atomic mass is 32.1. The molecule has 3 aromatic rings. The fourth-order valence-electron chi connectivity index (χ4n) is 4.55. The van der Waals surface area contributed by atoms with Crippen LogP contribution in [0.5, 0.6) is 0 Å². The SMILES string of the molecule is CC(=O)c1sccc1CN1C(=O)C(N(C(N)=O)c2cccc(C)c2)N=C(CCC(C)C)c2ccccc21. The molecule has 0 radical (unpaired) electrons. The highest BCUT2D eigenvalue weighted by Gasteiger charge is 2.38. The van der Waals surface area contributed by atoms with Crippen LogP contribution in [0.2, 0.25) is 0 Å². The molecule has 8 heteroatoms. The maximum atomic E-state index is 14.3. The summed E-state index contributed by atoms with van der Waals surface area (Å²) < 4.78 is 0. The van der Waals surface area contributed by atoms with Gasteiger partial charge in [-0.15, -0.1) is 11.3 Å². The molecule has 4 rings (SSSR count). The molecule has 1 atom stereocenters. The van der Waals surface area contributed by atoms with Gasteiger partial charge in [0.05, 0.1) is 17.1 Å². The molecule has 1 aromatic heterocycles. The van der Waals surface area contributed by atoms with E-state index < -0.39 is 12.2 Å². The number of Topliss-reactive ketones (excluding diaryl/α,β-unsaturated/α-hetero) is 1. The van der Waals surface area contributed by atoms with E-state index in [-0.39, 0.29) is 18.2 Å². The molecule has 3 amide bonds. The largest absolute Gasteiger partial charge is 0.351 e. The highest BCUT2D eigenvalue weighted by molar-refractivity contribution is 7.12. The van der Waals surface area contributed by atoms with Gasteiger partial charge in [-0.2, -0.15) is 0 Å². The van der Waals surface area contributed by atoms with Crippen LogP contribution in [0.25, 0.3) is 0 Å². The van der Waals surface area contributed by atoms with Crippen molar-refractivity contribution in [3.05, 3.63) is 81.5 Å². The first-order valence-electron chi connectivity index (χ1n) is 12.4. The Labute approximate surface area is 221 Å². The van der Waals surface area contributed by atoms with Gasteiger partial charge in [-0.25, -0.2) is 4.79 Å². The van der Waals surface area contributed by atoms with E-state index >= 15 is 0 Å². The first-order chi connectivity index (χ1) is 17.7. The lowest BCUT2D eigenvalue weighted by Gasteiger charge is -2.31. The quantitative estimate of drug-likeness (QED) is 0.375. The van der Waals surface area contributed by atoms with Crippen LogP contribution in [-0.2, 0) is 11.3 Å². The number of hydrogen-bond acceptors (Lipinski definition) is 5. The predicted molar refractivity (Wildman–Crippen MR) is 150 cm³/mol. The van der Waals surface area contributed by atoms with Crippen molar-refractivity contribution in [1.82, 2.24) is 0 Å². The van der Waals surface area contributed by atoms with Crippen LogP contribution in [0.3, 0.4) is 0 Å². The van der Waals surface area contributed by atoms with Crippen LogP contribution in [0.1, 0.15) is 60.0 Å². The molecule has 2 N–H and O–H groups in total.